The number of carbonyl (C=O) groups excluding carboxylic acids is 1. The number of aliphatic hydroxyl groups is 1. The van der Waals surface area contributed by atoms with E-state index in [-0.39, 0.29) is 12.1 Å². The molecule has 0 atom stereocenters. The molecule has 1 aromatic heterocycles. The maximum absolute atomic E-state index is 12.7. The highest BCUT2D eigenvalue weighted by molar-refractivity contribution is 5.95. The zero-order chi connectivity index (χ0) is 18.8. The maximum atomic E-state index is 12.7. The van der Waals surface area contributed by atoms with Crippen molar-refractivity contribution >= 4 is 22.5 Å². The first-order valence-electron chi connectivity index (χ1n) is 9.44. The highest BCUT2D eigenvalue weighted by Gasteiger charge is 2.28. The van der Waals surface area contributed by atoms with Crippen LogP contribution in [0.15, 0.2) is 30.0 Å². The minimum atomic E-state index is -0.284. The number of nitrogens with zero attached hydrogens (tertiary/aromatic N) is 4. The van der Waals surface area contributed by atoms with Gasteiger partial charge in [0.1, 0.15) is 0 Å². The molecule has 4 rings (SSSR count). The Bertz CT molecular complexity index is 908. The molecule has 2 aromatic rings. The molecule has 27 heavy (non-hydrogen) atoms. The summed E-state index contributed by atoms with van der Waals surface area (Å²) in [5.74, 6) is 0. The van der Waals surface area contributed by atoms with Gasteiger partial charge in [0.2, 0.25) is 0 Å². The van der Waals surface area contributed by atoms with Gasteiger partial charge in [-0.15, -0.1) is 0 Å². The van der Waals surface area contributed by atoms with Crippen LogP contribution < -0.4 is 0 Å². The van der Waals surface area contributed by atoms with E-state index in [0.29, 0.717) is 57.4 Å². The maximum Gasteiger partial charge on any atom is 0.320 e. The Labute approximate surface area is 157 Å². The van der Waals surface area contributed by atoms with Gasteiger partial charge in [-0.1, -0.05) is 18.2 Å². The standard InChI is InChI=1S/C20H23N5O2/c21-12-18(17-3-1-2-15-13-22-23-19(15)17)14-4-8-24(9-5-14)20(27)25-10-6-16(26)7-11-25/h1-3,13,16,26H,4-11H2,(H,22,23). The molecule has 2 aliphatic rings. The normalized spacial score (nSPS) is 18.6. The fourth-order valence-electron chi connectivity index (χ4n) is 3.98. The molecule has 0 bridgehead atoms. The number of aromatic nitrogens is 2. The van der Waals surface area contributed by atoms with Gasteiger partial charge in [0.15, 0.2) is 0 Å². The fourth-order valence-corrected chi connectivity index (χ4v) is 3.98. The van der Waals surface area contributed by atoms with Crippen LogP contribution in [-0.2, 0) is 0 Å². The number of nitriles is 1. The number of amides is 2. The third-order valence-electron chi connectivity index (χ3n) is 5.58. The largest absolute Gasteiger partial charge is 0.393 e. The number of piperidine rings is 2. The molecule has 0 unspecified atom stereocenters. The summed E-state index contributed by atoms with van der Waals surface area (Å²) < 4.78 is 0. The molecular formula is C20H23N5O2. The lowest BCUT2D eigenvalue weighted by Gasteiger charge is -2.36. The van der Waals surface area contributed by atoms with Crippen LogP contribution in [0.3, 0.4) is 0 Å². The number of aromatic amines is 1. The minimum Gasteiger partial charge on any atom is -0.393 e. The Morgan fingerprint density at radius 1 is 1.19 bits per heavy atom. The number of nitrogens with one attached hydrogen (secondary N) is 1. The third kappa shape index (κ3) is 3.40. The van der Waals surface area contributed by atoms with Crippen molar-refractivity contribution in [2.45, 2.75) is 31.8 Å². The van der Waals surface area contributed by atoms with Gasteiger partial charge in [0.05, 0.1) is 29.5 Å². The molecule has 2 N–H and O–H groups in total. The zero-order valence-electron chi connectivity index (χ0n) is 15.2. The van der Waals surface area contributed by atoms with Gasteiger partial charge >= 0.3 is 6.03 Å². The van der Waals surface area contributed by atoms with E-state index in [0.717, 1.165) is 22.0 Å². The second kappa shape index (κ2) is 7.41. The van der Waals surface area contributed by atoms with Gasteiger partial charge in [-0.05, 0) is 31.3 Å². The van der Waals surface area contributed by atoms with Crippen LogP contribution in [0, 0.1) is 11.3 Å². The van der Waals surface area contributed by atoms with Crippen molar-refractivity contribution in [2.75, 3.05) is 26.2 Å². The number of hydrogen-bond acceptors (Lipinski definition) is 4. The number of H-pyrrole nitrogens is 1. The van der Waals surface area contributed by atoms with Crippen LogP contribution in [-0.4, -0.2) is 63.4 Å². The Hall–Kier alpha value is -2.85. The molecule has 7 nitrogen and oxygen atoms in total. The smallest absolute Gasteiger partial charge is 0.320 e. The second-order valence-electron chi connectivity index (χ2n) is 7.22. The predicted molar refractivity (Wildman–Crippen MR) is 102 cm³/mol. The summed E-state index contributed by atoms with van der Waals surface area (Å²) >= 11 is 0. The molecule has 0 saturated carbocycles. The quantitative estimate of drug-likeness (QED) is 0.759. The average Bonchev–Trinajstić information content (AvgIpc) is 3.19. The van der Waals surface area contributed by atoms with Crippen molar-refractivity contribution in [1.82, 2.24) is 20.0 Å². The molecule has 3 heterocycles. The number of carbonyl (C=O) groups is 1. The molecular weight excluding hydrogens is 342 g/mol. The molecule has 0 aliphatic carbocycles. The Kier molecular flexibility index (Phi) is 4.82. The number of hydrogen-bond donors (Lipinski definition) is 2. The minimum absolute atomic E-state index is 0.0510. The summed E-state index contributed by atoms with van der Waals surface area (Å²) in [4.78, 5) is 16.4. The van der Waals surface area contributed by atoms with Crippen LogP contribution in [0.2, 0.25) is 0 Å². The fraction of sp³-hybridized carbons (Fsp3) is 0.450. The van der Waals surface area contributed by atoms with Crippen molar-refractivity contribution < 1.29 is 9.90 Å². The average molecular weight is 365 g/mol. The summed E-state index contributed by atoms with van der Waals surface area (Å²) in [7, 11) is 0. The first-order valence-corrected chi connectivity index (χ1v) is 9.44. The number of urea groups is 1. The topological polar surface area (TPSA) is 96.2 Å². The van der Waals surface area contributed by atoms with Crippen LogP contribution in [0.25, 0.3) is 16.5 Å². The van der Waals surface area contributed by atoms with Crippen molar-refractivity contribution in [3.8, 4) is 6.07 Å². The number of rotatable bonds is 1. The van der Waals surface area contributed by atoms with Gasteiger partial charge < -0.3 is 14.9 Å². The SMILES string of the molecule is N#CC(=C1CCN(C(=O)N2CCC(O)CC2)CC1)c1cccc2cn[nH]c12. The first-order chi connectivity index (χ1) is 13.2. The number of benzene rings is 1. The lowest BCUT2D eigenvalue weighted by molar-refractivity contribution is 0.0803. The predicted octanol–water partition coefficient (Wildman–Crippen LogP) is 2.51. The van der Waals surface area contributed by atoms with Gasteiger partial charge in [-0.3, -0.25) is 5.10 Å². The Morgan fingerprint density at radius 2 is 1.89 bits per heavy atom. The summed E-state index contributed by atoms with van der Waals surface area (Å²) in [6.07, 6.45) is 4.18. The van der Waals surface area contributed by atoms with Gasteiger partial charge in [-0.2, -0.15) is 10.4 Å². The van der Waals surface area contributed by atoms with Crippen LogP contribution in [0.4, 0.5) is 4.79 Å². The third-order valence-corrected chi connectivity index (χ3v) is 5.58. The Balaban J connectivity index is 1.50. The molecule has 2 fully saturated rings. The molecule has 2 aliphatic heterocycles. The summed E-state index contributed by atoms with van der Waals surface area (Å²) in [6, 6.07) is 8.28. The van der Waals surface area contributed by atoms with Gasteiger partial charge in [0, 0.05) is 37.1 Å². The van der Waals surface area contributed by atoms with E-state index in [4.69, 9.17) is 0 Å². The van der Waals surface area contributed by atoms with Crippen LogP contribution in [0.1, 0.15) is 31.2 Å². The summed E-state index contributed by atoms with van der Waals surface area (Å²) in [5.41, 5.74) is 3.55. The summed E-state index contributed by atoms with van der Waals surface area (Å²) in [6.45, 7) is 2.48. The van der Waals surface area contributed by atoms with Crippen molar-refractivity contribution in [3.63, 3.8) is 0 Å². The number of aliphatic hydroxyl groups excluding tert-OH is 1. The summed E-state index contributed by atoms with van der Waals surface area (Å²) in [5, 5.41) is 27.5. The monoisotopic (exact) mass is 365 g/mol. The van der Waals surface area contributed by atoms with E-state index in [1.54, 1.807) is 6.20 Å². The number of fused-ring (bicyclic) bond motifs is 1. The second-order valence-corrected chi connectivity index (χ2v) is 7.22. The molecule has 0 spiro atoms. The molecule has 2 saturated heterocycles. The van der Waals surface area contributed by atoms with Crippen molar-refractivity contribution in [2.24, 2.45) is 0 Å². The first kappa shape index (κ1) is 17.6. The lowest BCUT2D eigenvalue weighted by atomic mass is 9.93. The van der Waals surface area contributed by atoms with Gasteiger partial charge in [0.25, 0.3) is 0 Å². The van der Waals surface area contributed by atoms with E-state index in [9.17, 15) is 15.2 Å². The van der Waals surface area contributed by atoms with Crippen LogP contribution in [0.5, 0.6) is 0 Å². The number of para-hydroxylation sites is 1. The van der Waals surface area contributed by atoms with Crippen molar-refractivity contribution in [1.29, 1.82) is 5.26 Å². The number of likely N-dealkylation sites (tertiary alicyclic amines) is 2. The van der Waals surface area contributed by atoms with E-state index in [2.05, 4.69) is 16.3 Å². The zero-order valence-corrected chi connectivity index (χ0v) is 15.2. The van der Waals surface area contributed by atoms with Crippen LogP contribution >= 0.6 is 0 Å². The molecule has 2 amide bonds. The molecule has 140 valence electrons. The van der Waals surface area contributed by atoms with Crippen molar-refractivity contribution in [3.05, 3.63) is 35.5 Å². The van der Waals surface area contributed by atoms with E-state index >= 15 is 0 Å². The molecule has 1 aromatic carbocycles. The Morgan fingerprint density at radius 3 is 2.59 bits per heavy atom. The van der Waals surface area contributed by atoms with E-state index in [1.165, 1.54) is 0 Å². The lowest BCUT2D eigenvalue weighted by Crippen LogP contribution is -2.49. The van der Waals surface area contributed by atoms with E-state index < -0.39 is 0 Å². The highest BCUT2D eigenvalue weighted by Crippen LogP contribution is 2.30. The molecule has 0 radical (unpaired) electrons. The number of allylic oxidation sites excluding steroid dienone is 1. The van der Waals surface area contributed by atoms with E-state index in [1.807, 2.05) is 28.0 Å². The molecule has 7 heteroatoms. The highest BCUT2D eigenvalue weighted by atomic mass is 16.3. The van der Waals surface area contributed by atoms with Gasteiger partial charge in [-0.25, -0.2) is 4.79 Å².